The lowest BCUT2D eigenvalue weighted by Gasteiger charge is -2.12. The fourth-order valence-electron chi connectivity index (χ4n) is 3.06. The van der Waals surface area contributed by atoms with Gasteiger partial charge in [0.2, 0.25) is 0 Å². The maximum absolute atomic E-state index is 12.5. The first-order valence-electron chi connectivity index (χ1n) is 7.74. The summed E-state index contributed by atoms with van der Waals surface area (Å²) in [7, 11) is 0. The van der Waals surface area contributed by atoms with Gasteiger partial charge in [0.15, 0.2) is 5.78 Å². The van der Waals surface area contributed by atoms with Gasteiger partial charge in [0.1, 0.15) is 5.75 Å². The molecule has 4 nitrogen and oxygen atoms in total. The molecule has 118 valence electrons. The lowest BCUT2D eigenvalue weighted by molar-refractivity contribution is -0.144. The molecule has 4 heteroatoms. The zero-order valence-corrected chi connectivity index (χ0v) is 12.9. The summed E-state index contributed by atoms with van der Waals surface area (Å²) in [5.74, 6) is -0.927. The average Bonchev–Trinajstić information content (AvgIpc) is 2.97. The van der Waals surface area contributed by atoms with Crippen LogP contribution in [0.3, 0.4) is 0 Å². The smallest absolute Gasteiger partial charge is 0.313 e. The van der Waals surface area contributed by atoms with Gasteiger partial charge < -0.3 is 9.84 Å². The number of aromatic hydroxyl groups is 1. The van der Waals surface area contributed by atoms with Crippen LogP contribution < -0.4 is 0 Å². The summed E-state index contributed by atoms with van der Waals surface area (Å²) in [6.07, 6.45) is 1.35. The number of fused-ring (bicyclic) bond motifs is 1. The molecule has 0 saturated heterocycles. The van der Waals surface area contributed by atoms with Gasteiger partial charge in [-0.05, 0) is 43.0 Å². The monoisotopic (exact) mass is 310 g/mol. The zero-order valence-electron chi connectivity index (χ0n) is 12.9. The van der Waals surface area contributed by atoms with E-state index in [9.17, 15) is 14.7 Å². The predicted molar refractivity (Wildman–Crippen MR) is 85.7 cm³/mol. The van der Waals surface area contributed by atoms with Crippen molar-refractivity contribution in [1.82, 2.24) is 0 Å². The number of aryl methyl sites for hydroxylation is 1. The van der Waals surface area contributed by atoms with Crippen molar-refractivity contribution >= 4 is 11.8 Å². The summed E-state index contributed by atoms with van der Waals surface area (Å²) < 4.78 is 5.08. The van der Waals surface area contributed by atoms with Gasteiger partial charge in [-0.2, -0.15) is 0 Å². The largest absolute Gasteiger partial charge is 0.507 e. The van der Waals surface area contributed by atoms with Crippen molar-refractivity contribution in [3.8, 4) is 5.75 Å². The third-order valence-electron chi connectivity index (χ3n) is 4.19. The van der Waals surface area contributed by atoms with E-state index < -0.39 is 0 Å². The van der Waals surface area contributed by atoms with Crippen LogP contribution in [0.4, 0.5) is 0 Å². The number of hydrogen-bond acceptors (Lipinski definition) is 4. The minimum Gasteiger partial charge on any atom is -0.507 e. The second kappa shape index (κ2) is 6.24. The SMILES string of the molecule is CCOC(=O)C1CCc2cc(C(=O)c3ccccc3)c(O)cc21. The third-order valence-corrected chi connectivity index (χ3v) is 4.19. The second-order valence-corrected chi connectivity index (χ2v) is 5.61. The van der Waals surface area contributed by atoms with E-state index in [1.165, 1.54) is 0 Å². The number of phenolic OH excluding ortho intramolecular Hbond substituents is 1. The Kier molecular flexibility index (Phi) is 4.15. The number of ether oxygens (including phenoxy) is 1. The van der Waals surface area contributed by atoms with E-state index in [1.54, 1.807) is 43.3 Å². The summed E-state index contributed by atoms with van der Waals surface area (Å²) in [4.78, 5) is 24.5. The summed E-state index contributed by atoms with van der Waals surface area (Å²) in [6.45, 7) is 2.11. The molecule has 1 N–H and O–H groups in total. The Labute approximate surface area is 134 Å². The Bertz CT molecular complexity index is 749. The molecule has 0 aliphatic heterocycles. The minimum absolute atomic E-state index is 0.0891. The van der Waals surface area contributed by atoms with Crippen LogP contribution in [-0.2, 0) is 16.0 Å². The number of carbonyl (C=O) groups is 2. The maximum atomic E-state index is 12.5. The topological polar surface area (TPSA) is 63.6 Å². The Hall–Kier alpha value is -2.62. The molecule has 1 aliphatic carbocycles. The highest BCUT2D eigenvalue weighted by Crippen LogP contribution is 2.38. The van der Waals surface area contributed by atoms with Crippen molar-refractivity contribution in [2.45, 2.75) is 25.7 Å². The highest BCUT2D eigenvalue weighted by molar-refractivity contribution is 6.10. The molecule has 23 heavy (non-hydrogen) atoms. The first-order valence-corrected chi connectivity index (χ1v) is 7.74. The first-order chi connectivity index (χ1) is 11.1. The van der Waals surface area contributed by atoms with Crippen molar-refractivity contribution in [3.05, 3.63) is 64.7 Å². The van der Waals surface area contributed by atoms with Gasteiger partial charge >= 0.3 is 5.97 Å². The molecule has 0 fully saturated rings. The highest BCUT2D eigenvalue weighted by atomic mass is 16.5. The molecule has 0 bridgehead atoms. The third kappa shape index (κ3) is 2.84. The highest BCUT2D eigenvalue weighted by Gasteiger charge is 2.31. The quantitative estimate of drug-likeness (QED) is 0.695. The Morgan fingerprint density at radius 2 is 1.96 bits per heavy atom. The summed E-state index contributed by atoms with van der Waals surface area (Å²) in [5.41, 5.74) is 2.51. The molecule has 0 radical (unpaired) electrons. The molecular formula is C19H18O4. The van der Waals surface area contributed by atoms with Crippen molar-refractivity contribution < 1.29 is 19.4 Å². The molecule has 1 atom stereocenters. The van der Waals surface area contributed by atoms with E-state index in [-0.39, 0.29) is 29.0 Å². The van der Waals surface area contributed by atoms with E-state index in [0.717, 1.165) is 11.1 Å². The number of hydrogen-bond donors (Lipinski definition) is 1. The Morgan fingerprint density at radius 3 is 2.65 bits per heavy atom. The maximum Gasteiger partial charge on any atom is 0.313 e. The fourth-order valence-corrected chi connectivity index (χ4v) is 3.06. The van der Waals surface area contributed by atoms with E-state index in [4.69, 9.17) is 4.74 Å². The Balaban J connectivity index is 1.95. The van der Waals surface area contributed by atoms with Gasteiger partial charge in [0, 0.05) is 5.56 Å². The lowest BCUT2D eigenvalue weighted by Crippen LogP contribution is -2.13. The minimum atomic E-state index is -0.350. The van der Waals surface area contributed by atoms with Crippen LogP contribution in [0.5, 0.6) is 5.75 Å². The van der Waals surface area contributed by atoms with Gasteiger partial charge in [-0.1, -0.05) is 30.3 Å². The Morgan fingerprint density at radius 1 is 1.22 bits per heavy atom. The van der Waals surface area contributed by atoms with Crippen LogP contribution >= 0.6 is 0 Å². The number of carbonyl (C=O) groups excluding carboxylic acids is 2. The van der Waals surface area contributed by atoms with Gasteiger partial charge in [-0.3, -0.25) is 9.59 Å². The van der Waals surface area contributed by atoms with Crippen LogP contribution in [0, 0.1) is 0 Å². The van der Waals surface area contributed by atoms with E-state index in [2.05, 4.69) is 0 Å². The van der Waals surface area contributed by atoms with Gasteiger partial charge in [0.05, 0.1) is 18.1 Å². The molecule has 2 aromatic rings. The number of benzene rings is 2. The lowest BCUT2D eigenvalue weighted by atomic mass is 9.95. The molecule has 3 rings (SSSR count). The number of esters is 1. The molecule has 1 unspecified atom stereocenters. The summed E-state index contributed by atoms with van der Waals surface area (Å²) >= 11 is 0. The van der Waals surface area contributed by atoms with Gasteiger partial charge in [-0.25, -0.2) is 0 Å². The van der Waals surface area contributed by atoms with E-state index in [0.29, 0.717) is 25.0 Å². The molecule has 0 heterocycles. The normalized spacial score (nSPS) is 16.0. The van der Waals surface area contributed by atoms with Crippen LogP contribution in [0.1, 0.15) is 46.3 Å². The number of phenols is 1. The standard InChI is InChI=1S/C19H18O4/c1-2-23-19(22)14-9-8-13-10-16(17(20)11-15(13)14)18(21)12-6-4-3-5-7-12/h3-7,10-11,14,20H,2,8-9H2,1H3. The van der Waals surface area contributed by atoms with Gasteiger partial charge in [-0.15, -0.1) is 0 Å². The predicted octanol–water partition coefficient (Wildman–Crippen LogP) is 3.22. The fraction of sp³-hybridized carbons (Fsp3) is 0.263. The molecule has 2 aromatic carbocycles. The second-order valence-electron chi connectivity index (χ2n) is 5.61. The van der Waals surface area contributed by atoms with E-state index in [1.807, 2.05) is 6.07 Å². The molecule has 0 saturated carbocycles. The van der Waals surface area contributed by atoms with Gasteiger partial charge in [0.25, 0.3) is 0 Å². The summed E-state index contributed by atoms with van der Waals surface area (Å²) in [6, 6.07) is 12.1. The van der Waals surface area contributed by atoms with Crippen molar-refractivity contribution in [2.75, 3.05) is 6.61 Å². The van der Waals surface area contributed by atoms with E-state index >= 15 is 0 Å². The van der Waals surface area contributed by atoms with Crippen LogP contribution in [0.25, 0.3) is 0 Å². The number of rotatable bonds is 4. The molecule has 0 aromatic heterocycles. The first kappa shape index (κ1) is 15.3. The molecule has 1 aliphatic rings. The zero-order chi connectivity index (χ0) is 16.4. The molecule has 0 amide bonds. The van der Waals surface area contributed by atoms with Crippen molar-refractivity contribution in [1.29, 1.82) is 0 Å². The number of ketones is 1. The van der Waals surface area contributed by atoms with Crippen LogP contribution in [0.2, 0.25) is 0 Å². The molecule has 0 spiro atoms. The van der Waals surface area contributed by atoms with Crippen molar-refractivity contribution in [2.24, 2.45) is 0 Å². The summed E-state index contributed by atoms with van der Waals surface area (Å²) in [5, 5.41) is 10.3. The van der Waals surface area contributed by atoms with Crippen LogP contribution in [-0.4, -0.2) is 23.5 Å². The van der Waals surface area contributed by atoms with Crippen molar-refractivity contribution in [3.63, 3.8) is 0 Å². The average molecular weight is 310 g/mol. The van der Waals surface area contributed by atoms with Crippen LogP contribution in [0.15, 0.2) is 42.5 Å². The molecular weight excluding hydrogens is 292 g/mol.